The van der Waals surface area contributed by atoms with E-state index in [1.807, 2.05) is 0 Å². The zero-order chi connectivity index (χ0) is 45.9. The molecule has 0 aromatic carbocycles. The summed E-state index contributed by atoms with van der Waals surface area (Å²) in [4.78, 5) is 26.2. The Hall–Kier alpha value is -2.18. The van der Waals surface area contributed by atoms with E-state index in [4.69, 9.17) is 4.74 Å². The normalized spacial score (nSPS) is 13.5. The van der Waals surface area contributed by atoms with Gasteiger partial charge in [-0.15, -0.1) is 0 Å². The predicted molar refractivity (Wildman–Crippen MR) is 273 cm³/mol. The lowest BCUT2D eigenvalue weighted by atomic mass is 10.0. The van der Waals surface area contributed by atoms with Gasteiger partial charge in [-0.25, -0.2) is 0 Å². The number of carbonyl (C=O) groups is 2. The lowest BCUT2D eigenvalue weighted by Gasteiger charge is -2.24. The minimum absolute atomic E-state index is 0.0525. The smallest absolute Gasteiger partial charge is 0.306 e. The van der Waals surface area contributed by atoms with Crippen molar-refractivity contribution in [2.45, 2.75) is 296 Å². The summed E-state index contributed by atoms with van der Waals surface area (Å²) in [5.74, 6) is -0.511. The first-order valence-electron chi connectivity index (χ1n) is 27.4. The fourth-order valence-corrected chi connectivity index (χ4v) is 8.25. The van der Waals surface area contributed by atoms with Crippen LogP contribution in [-0.4, -0.2) is 46.9 Å². The number of carbonyl (C=O) groups excluding carboxylic acids is 2. The minimum atomic E-state index is -0.798. The highest BCUT2D eigenvalue weighted by Gasteiger charge is 2.24. The summed E-state index contributed by atoms with van der Waals surface area (Å²) >= 11 is 0. The Labute approximate surface area is 391 Å². The molecular formula is C57H105NO5. The molecular weight excluding hydrogens is 779 g/mol. The van der Waals surface area contributed by atoms with Gasteiger partial charge in [-0.05, 0) is 77.0 Å². The number of esters is 1. The van der Waals surface area contributed by atoms with Crippen molar-refractivity contribution in [2.24, 2.45) is 0 Å². The van der Waals surface area contributed by atoms with Crippen LogP contribution in [-0.2, 0) is 14.3 Å². The molecule has 0 aliphatic carbocycles. The topological polar surface area (TPSA) is 95.9 Å². The molecule has 3 N–H and O–H groups in total. The first kappa shape index (κ1) is 60.8. The zero-order valence-corrected chi connectivity index (χ0v) is 42.0. The second kappa shape index (κ2) is 50.8. The molecule has 0 aliphatic rings. The molecule has 6 nitrogen and oxygen atoms in total. The number of unbranched alkanes of at least 4 members (excludes halogenated alkanes) is 31. The van der Waals surface area contributed by atoms with Crippen LogP contribution in [0.1, 0.15) is 278 Å². The van der Waals surface area contributed by atoms with Gasteiger partial charge in [0.2, 0.25) is 5.91 Å². The molecule has 0 saturated heterocycles. The molecule has 63 heavy (non-hydrogen) atoms. The van der Waals surface area contributed by atoms with Crippen LogP contribution in [0.2, 0.25) is 0 Å². The number of amides is 1. The van der Waals surface area contributed by atoms with Crippen LogP contribution in [0.4, 0.5) is 0 Å². The van der Waals surface area contributed by atoms with Gasteiger partial charge in [-0.2, -0.15) is 0 Å². The number of ether oxygens (including phenoxy) is 1. The lowest BCUT2D eigenvalue weighted by molar-refractivity contribution is -0.151. The van der Waals surface area contributed by atoms with Crippen molar-refractivity contribution in [1.82, 2.24) is 5.32 Å². The molecule has 0 rings (SSSR count). The van der Waals surface area contributed by atoms with Gasteiger partial charge in [0.15, 0.2) is 0 Å². The summed E-state index contributed by atoms with van der Waals surface area (Å²) in [5, 5.41) is 23.8. The van der Waals surface area contributed by atoms with Gasteiger partial charge in [0.1, 0.15) is 6.10 Å². The Morgan fingerprint density at radius 3 is 1.30 bits per heavy atom. The number of hydrogen-bond donors (Lipinski definition) is 3. The fourth-order valence-electron chi connectivity index (χ4n) is 8.25. The van der Waals surface area contributed by atoms with E-state index >= 15 is 0 Å². The van der Waals surface area contributed by atoms with Crippen molar-refractivity contribution in [2.75, 3.05) is 6.61 Å². The minimum Gasteiger partial charge on any atom is -0.462 e. The number of aliphatic hydroxyl groups excluding tert-OH is 2. The lowest BCUT2D eigenvalue weighted by Crippen LogP contribution is -2.46. The summed E-state index contributed by atoms with van der Waals surface area (Å²) in [6, 6.07) is -0.714. The molecule has 0 aliphatic heterocycles. The first-order valence-corrected chi connectivity index (χ1v) is 27.4. The van der Waals surface area contributed by atoms with Crippen LogP contribution in [0, 0.1) is 0 Å². The molecule has 0 spiro atoms. The average Bonchev–Trinajstić information content (AvgIpc) is 3.28. The summed E-state index contributed by atoms with van der Waals surface area (Å²) in [7, 11) is 0. The molecule has 3 atom stereocenters. The molecule has 6 heteroatoms. The summed E-state index contributed by atoms with van der Waals surface area (Å²) in [5.41, 5.74) is 0. The second-order valence-electron chi connectivity index (χ2n) is 18.7. The Morgan fingerprint density at radius 2 is 0.825 bits per heavy atom. The number of rotatable bonds is 49. The largest absolute Gasteiger partial charge is 0.462 e. The van der Waals surface area contributed by atoms with Crippen molar-refractivity contribution in [3.05, 3.63) is 48.6 Å². The maximum absolute atomic E-state index is 13.2. The molecule has 0 saturated carbocycles. The number of hydrogen-bond acceptors (Lipinski definition) is 5. The van der Waals surface area contributed by atoms with Crippen LogP contribution >= 0.6 is 0 Å². The quantitative estimate of drug-likeness (QED) is 0.0245. The Bertz CT molecular complexity index is 1080. The highest BCUT2D eigenvalue weighted by atomic mass is 16.5. The van der Waals surface area contributed by atoms with E-state index in [1.54, 1.807) is 0 Å². The van der Waals surface area contributed by atoms with Crippen LogP contribution < -0.4 is 5.32 Å². The van der Waals surface area contributed by atoms with Gasteiger partial charge in [0, 0.05) is 6.42 Å². The maximum atomic E-state index is 13.2. The van der Waals surface area contributed by atoms with Crippen molar-refractivity contribution < 1.29 is 24.5 Å². The predicted octanol–water partition coefficient (Wildman–Crippen LogP) is 16.6. The highest BCUT2D eigenvalue weighted by molar-refractivity contribution is 5.77. The summed E-state index contributed by atoms with van der Waals surface area (Å²) < 4.78 is 5.92. The Kier molecular flexibility index (Phi) is 49.1. The molecule has 368 valence electrons. The van der Waals surface area contributed by atoms with E-state index in [1.165, 1.54) is 154 Å². The van der Waals surface area contributed by atoms with E-state index in [0.29, 0.717) is 19.3 Å². The SMILES string of the molecule is CCCCC/C=C\CCCCCCCC(=O)OC(CCCCC/C=C/C=C/C=C/CCCCCCC)CC(=O)NC(CO)C(O)CCCCCCCCCCCCCCCCCC. The number of allylic oxidation sites excluding steroid dienone is 8. The first-order chi connectivity index (χ1) is 31.0. The summed E-state index contributed by atoms with van der Waals surface area (Å²) in [6.07, 6.45) is 61.7. The third-order valence-corrected chi connectivity index (χ3v) is 12.4. The standard InChI is InChI=1S/C57H105NO5/c1-4-7-10-13-16-19-22-25-27-29-31-33-36-39-42-45-48-53(63-57(62)50-47-44-41-38-35-24-21-18-15-12-9-6-3)51-56(61)58-54(52-59)55(60)49-46-43-40-37-34-32-30-28-26-23-20-17-14-11-8-5-2/h18,21-22,25,27,29,31,33,53-55,59-60H,4-17,19-20,23-24,26,28,30,32,34-52H2,1-3H3,(H,58,61)/b21-18-,25-22+,29-27+,33-31+. The van der Waals surface area contributed by atoms with Gasteiger partial charge in [0.25, 0.3) is 0 Å². The van der Waals surface area contributed by atoms with E-state index in [2.05, 4.69) is 74.7 Å². The van der Waals surface area contributed by atoms with Crippen LogP contribution in [0.5, 0.6) is 0 Å². The average molecular weight is 884 g/mol. The molecule has 1 amide bonds. The number of aliphatic hydroxyl groups is 2. The molecule has 0 aromatic heterocycles. The van der Waals surface area contributed by atoms with Crippen molar-refractivity contribution in [1.29, 1.82) is 0 Å². The van der Waals surface area contributed by atoms with Crippen molar-refractivity contribution in [3.8, 4) is 0 Å². The van der Waals surface area contributed by atoms with Crippen LogP contribution in [0.3, 0.4) is 0 Å². The zero-order valence-electron chi connectivity index (χ0n) is 42.0. The molecule has 0 heterocycles. The Balaban J connectivity index is 4.61. The van der Waals surface area contributed by atoms with Gasteiger partial charge in [0.05, 0.1) is 25.2 Å². The third-order valence-electron chi connectivity index (χ3n) is 12.4. The molecule has 0 bridgehead atoms. The molecule has 0 fully saturated rings. The van der Waals surface area contributed by atoms with Crippen LogP contribution in [0.15, 0.2) is 48.6 Å². The monoisotopic (exact) mass is 884 g/mol. The fraction of sp³-hybridized carbons (Fsp3) is 0.825. The van der Waals surface area contributed by atoms with E-state index in [9.17, 15) is 19.8 Å². The van der Waals surface area contributed by atoms with Crippen molar-refractivity contribution in [3.63, 3.8) is 0 Å². The molecule has 3 unspecified atom stereocenters. The summed E-state index contributed by atoms with van der Waals surface area (Å²) in [6.45, 7) is 6.45. The van der Waals surface area contributed by atoms with Crippen molar-refractivity contribution >= 4 is 11.9 Å². The van der Waals surface area contributed by atoms with Gasteiger partial charge in [-0.1, -0.05) is 236 Å². The molecule has 0 aromatic rings. The molecule has 0 radical (unpaired) electrons. The number of nitrogens with one attached hydrogen (secondary N) is 1. The van der Waals surface area contributed by atoms with Gasteiger partial charge < -0.3 is 20.3 Å². The van der Waals surface area contributed by atoms with Gasteiger partial charge >= 0.3 is 5.97 Å². The van der Waals surface area contributed by atoms with E-state index in [-0.39, 0.29) is 24.9 Å². The highest BCUT2D eigenvalue weighted by Crippen LogP contribution is 2.18. The third kappa shape index (κ3) is 46.2. The maximum Gasteiger partial charge on any atom is 0.306 e. The van der Waals surface area contributed by atoms with Gasteiger partial charge in [-0.3, -0.25) is 9.59 Å². The second-order valence-corrected chi connectivity index (χ2v) is 18.7. The Morgan fingerprint density at radius 1 is 0.460 bits per heavy atom. The van der Waals surface area contributed by atoms with E-state index < -0.39 is 18.2 Å². The van der Waals surface area contributed by atoms with E-state index in [0.717, 1.165) is 77.0 Å². The van der Waals surface area contributed by atoms with Crippen LogP contribution in [0.25, 0.3) is 0 Å².